The van der Waals surface area contributed by atoms with Gasteiger partial charge in [0.15, 0.2) is 0 Å². The van der Waals surface area contributed by atoms with Gasteiger partial charge in [0.25, 0.3) is 5.91 Å². The van der Waals surface area contributed by atoms with E-state index in [1.165, 1.54) is 0 Å². The minimum atomic E-state index is -4.02. The molecule has 4 aromatic rings. The summed E-state index contributed by atoms with van der Waals surface area (Å²) < 4.78 is 41.9. The van der Waals surface area contributed by atoms with Crippen molar-refractivity contribution in [2.75, 3.05) is 18.9 Å². The molecule has 0 radical (unpaired) electrons. The van der Waals surface area contributed by atoms with Gasteiger partial charge in [0, 0.05) is 28.5 Å². The van der Waals surface area contributed by atoms with E-state index in [1.807, 2.05) is 66.7 Å². The van der Waals surface area contributed by atoms with Crippen LogP contribution in [0.3, 0.4) is 0 Å². The second-order valence-corrected chi connectivity index (χ2v) is 13.1. The summed E-state index contributed by atoms with van der Waals surface area (Å²) in [6, 6.07) is 23.7. The summed E-state index contributed by atoms with van der Waals surface area (Å²) in [5, 5.41) is 1.27. The number of aromatic nitrogens is 1. The van der Waals surface area contributed by atoms with E-state index >= 15 is 0 Å². The van der Waals surface area contributed by atoms with Crippen molar-refractivity contribution in [2.24, 2.45) is 0 Å². The van der Waals surface area contributed by atoms with Crippen LogP contribution in [0, 0.1) is 6.92 Å². The highest BCUT2D eigenvalue weighted by Crippen LogP contribution is 2.29. The third-order valence-electron chi connectivity index (χ3n) is 7.86. The Morgan fingerprint density at radius 1 is 1.00 bits per heavy atom. The number of nitrogens with zero attached hydrogens (tertiary/aromatic N) is 2. The molecule has 1 aliphatic heterocycles. The molecule has 2 amide bonds. The zero-order valence-electron chi connectivity index (χ0n) is 24.6. The molecular formula is C33H36ClN3O6S. The smallest absolute Gasteiger partial charge is 0.410 e. The third-order valence-corrected chi connectivity index (χ3v) is 9.36. The molecule has 1 atom stereocenters. The van der Waals surface area contributed by atoms with E-state index in [0.29, 0.717) is 35.8 Å². The molecule has 9 nitrogen and oxygen atoms in total. The van der Waals surface area contributed by atoms with E-state index < -0.39 is 22.0 Å². The van der Waals surface area contributed by atoms with Gasteiger partial charge in [0.1, 0.15) is 24.7 Å². The van der Waals surface area contributed by atoms with Gasteiger partial charge in [-0.2, -0.15) is 0 Å². The maximum Gasteiger partial charge on any atom is 0.410 e. The van der Waals surface area contributed by atoms with Crippen LogP contribution in [-0.2, 0) is 27.9 Å². The highest BCUT2D eigenvalue weighted by Gasteiger charge is 2.30. The number of carbonyl (C=O) groups is 2. The Hall–Kier alpha value is -4.02. The van der Waals surface area contributed by atoms with Gasteiger partial charge in [0.05, 0.1) is 12.3 Å². The van der Waals surface area contributed by atoms with Crippen LogP contribution in [0.5, 0.6) is 5.75 Å². The molecule has 0 spiro atoms. The first-order valence-electron chi connectivity index (χ1n) is 14.7. The lowest BCUT2D eigenvalue weighted by Gasteiger charge is -2.34. The van der Waals surface area contributed by atoms with Crippen molar-refractivity contribution >= 4 is 44.5 Å². The highest BCUT2D eigenvalue weighted by molar-refractivity contribution is 7.90. The van der Waals surface area contributed by atoms with Crippen LogP contribution in [0.25, 0.3) is 10.9 Å². The number of halogens is 1. The van der Waals surface area contributed by atoms with Crippen LogP contribution in [0.2, 0.25) is 5.02 Å². The molecule has 1 N–H and O–H groups in total. The Morgan fingerprint density at radius 2 is 1.73 bits per heavy atom. The molecule has 0 bridgehead atoms. The molecule has 1 aromatic heterocycles. The number of piperidine rings is 1. The number of fused-ring (bicyclic) bond motifs is 1. The number of benzene rings is 3. The summed E-state index contributed by atoms with van der Waals surface area (Å²) in [6.45, 7) is 2.99. The van der Waals surface area contributed by atoms with Crippen molar-refractivity contribution in [3.05, 3.63) is 101 Å². The Kier molecular flexibility index (Phi) is 10.1. The number of nitrogens with one attached hydrogen (secondary N) is 1. The van der Waals surface area contributed by atoms with Gasteiger partial charge in [-0.05, 0) is 74.1 Å². The lowest BCUT2D eigenvalue weighted by atomic mass is 10.0. The van der Waals surface area contributed by atoms with E-state index in [0.717, 1.165) is 29.3 Å². The maximum absolute atomic E-state index is 13.6. The summed E-state index contributed by atoms with van der Waals surface area (Å²) in [5.74, 6) is -0.344. The molecule has 1 aliphatic rings. The summed E-state index contributed by atoms with van der Waals surface area (Å²) in [5.41, 5.74) is 2.47. The lowest BCUT2D eigenvalue weighted by Crippen LogP contribution is -2.45. The average Bonchev–Trinajstić information content (AvgIpc) is 3.30. The Labute approximate surface area is 262 Å². The predicted octanol–water partition coefficient (Wildman–Crippen LogP) is 6.32. The number of ether oxygens (including phenoxy) is 2. The normalized spacial score (nSPS) is 15.2. The number of carbonyl (C=O) groups excluding carboxylic acids is 2. The summed E-state index contributed by atoms with van der Waals surface area (Å²) in [7, 11) is -4.02. The third kappa shape index (κ3) is 7.73. The molecule has 0 saturated carbocycles. The van der Waals surface area contributed by atoms with Crippen molar-refractivity contribution in [3.8, 4) is 5.75 Å². The SMILES string of the molecule is Cc1c(C(=O)NS(=O)(=O)CC[C@@H]2CCCCN2C(=O)OCc2ccccc2)n(CCOc2ccccc2)c2ccc(Cl)cc12. The second-order valence-electron chi connectivity index (χ2n) is 10.9. The van der Waals surface area contributed by atoms with Gasteiger partial charge in [-0.25, -0.2) is 17.9 Å². The first-order chi connectivity index (χ1) is 21.2. The Morgan fingerprint density at radius 3 is 2.48 bits per heavy atom. The maximum atomic E-state index is 13.6. The predicted molar refractivity (Wildman–Crippen MR) is 170 cm³/mol. The minimum Gasteiger partial charge on any atom is -0.492 e. The number of rotatable bonds is 11. The van der Waals surface area contributed by atoms with E-state index in [1.54, 1.807) is 28.5 Å². The van der Waals surface area contributed by atoms with Gasteiger partial charge < -0.3 is 18.9 Å². The number of amides is 2. The van der Waals surface area contributed by atoms with E-state index in [-0.39, 0.29) is 37.1 Å². The first kappa shape index (κ1) is 31.4. The number of para-hydroxylation sites is 1. The average molecular weight is 638 g/mol. The molecule has 1 saturated heterocycles. The van der Waals surface area contributed by atoms with Gasteiger partial charge in [-0.15, -0.1) is 0 Å². The highest BCUT2D eigenvalue weighted by atomic mass is 35.5. The fourth-order valence-corrected chi connectivity index (χ4v) is 6.90. The van der Waals surface area contributed by atoms with Crippen LogP contribution in [0.15, 0.2) is 78.9 Å². The molecule has 44 heavy (non-hydrogen) atoms. The van der Waals surface area contributed by atoms with Crippen molar-refractivity contribution in [3.63, 3.8) is 0 Å². The van der Waals surface area contributed by atoms with Gasteiger partial charge in [-0.1, -0.05) is 60.1 Å². The topological polar surface area (TPSA) is 107 Å². The number of aryl methyl sites for hydroxylation is 1. The first-order valence-corrected chi connectivity index (χ1v) is 16.7. The zero-order valence-corrected chi connectivity index (χ0v) is 26.1. The van der Waals surface area contributed by atoms with Crippen LogP contribution in [0.1, 0.15) is 47.3 Å². The quantitative estimate of drug-likeness (QED) is 0.206. The van der Waals surface area contributed by atoms with Crippen molar-refractivity contribution in [1.29, 1.82) is 0 Å². The van der Waals surface area contributed by atoms with Crippen LogP contribution in [-0.4, -0.2) is 54.8 Å². The summed E-state index contributed by atoms with van der Waals surface area (Å²) >= 11 is 6.26. The minimum absolute atomic E-state index is 0.145. The van der Waals surface area contributed by atoms with Crippen LogP contribution < -0.4 is 9.46 Å². The fourth-order valence-electron chi connectivity index (χ4n) is 5.67. The Bertz CT molecular complexity index is 1710. The fraction of sp³-hybridized carbons (Fsp3) is 0.333. The largest absolute Gasteiger partial charge is 0.492 e. The molecule has 11 heteroatoms. The molecule has 2 heterocycles. The number of sulfonamides is 1. The van der Waals surface area contributed by atoms with Gasteiger partial charge in [0.2, 0.25) is 10.0 Å². The molecule has 5 rings (SSSR count). The monoisotopic (exact) mass is 637 g/mol. The Balaban J connectivity index is 1.26. The molecule has 0 unspecified atom stereocenters. The number of hydrogen-bond acceptors (Lipinski definition) is 6. The van der Waals surface area contributed by atoms with E-state index in [2.05, 4.69) is 4.72 Å². The molecule has 1 fully saturated rings. The van der Waals surface area contributed by atoms with E-state index in [4.69, 9.17) is 21.1 Å². The molecule has 232 valence electrons. The van der Waals surface area contributed by atoms with Gasteiger partial charge in [-0.3, -0.25) is 4.79 Å². The number of hydrogen-bond donors (Lipinski definition) is 1. The second kappa shape index (κ2) is 14.2. The zero-order chi connectivity index (χ0) is 31.1. The molecule has 0 aliphatic carbocycles. The van der Waals surface area contributed by atoms with E-state index in [9.17, 15) is 18.0 Å². The molecule has 3 aromatic carbocycles. The lowest BCUT2D eigenvalue weighted by molar-refractivity contribution is 0.0672. The van der Waals surface area contributed by atoms with Crippen molar-refractivity contribution in [1.82, 2.24) is 14.2 Å². The summed E-state index contributed by atoms with van der Waals surface area (Å²) in [4.78, 5) is 28.1. The van der Waals surface area contributed by atoms with Crippen molar-refractivity contribution in [2.45, 2.75) is 51.8 Å². The standard InChI is InChI=1S/C33H36ClN3O6S/c1-24-29-22-26(34)15-16-30(29)37(19-20-42-28-13-6-3-7-14-28)31(24)32(38)35-44(40,41)21-17-27-12-8-9-18-36(27)33(39)43-23-25-10-4-2-5-11-25/h2-7,10-11,13-16,22,27H,8-9,12,17-21,23H2,1H3,(H,35,38)/t27-/m0/s1. The summed E-state index contributed by atoms with van der Waals surface area (Å²) in [6.07, 6.45) is 2.09. The number of likely N-dealkylation sites (tertiary alicyclic amines) is 1. The van der Waals surface area contributed by atoms with Crippen molar-refractivity contribution < 1.29 is 27.5 Å². The van der Waals surface area contributed by atoms with Crippen LogP contribution >= 0.6 is 11.6 Å². The van der Waals surface area contributed by atoms with Gasteiger partial charge >= 0.3 is 6.09 Å². The molecular weight excluding hydrogens is 602 g/mol. The van der Waals surface area contributed by atoms with Crippen LogP contribution in [0.4, 0.5) is 4.79 Å².